The summed E-state index contributed by atoms with van der Waals surface area (Å²) in [6.45, 7) is 6.63. The molecule has 0 radical (unpaired) electrons. The molecule has 3 rings (SSSR count). The zero-order chi connectivity index (χ0) is 24.1. The molecule has 0 bridgehead atoms. The van der Waals surface area contributed by atoms with Gasteiger partial charge in [-0.3, -0.25) is 14.4 Å². The van der Waals surface area contributed by atoms with Crippen molar-refractivity contribution in [3.8, 4) is 5.75 Å². The van der Waals surface area contributed by atoms with Gasteiger partial charge in [-0.05, 0) is 31.9 Å². The third-order valence-corrected chi connectivity index (χ3v) is 6.84. The molecule has 3 atom stereocenters. The number of carbonyl (C=O) groups is 3. The molecule has 1 fully saturated rings. The Hall–Kier alpha value is -2.61. The Kier molecular flexibility index (Phi) is 8.35. The molecule has 1 saturated carbocycles. The number of carbonyl (C=O) groups excluding carboxylic acids is 3. The summed E-state index contributed by atoms with van der Waals surface area (Å²) in [5, 5.41) is 2.98. The summed E-state index contributed by atoms with van der Waals surface area (Å²) in [4.78, 5) is 41.6. The minimum atomic E-state index is -0.221. The summed E-state index contributed by atoms with van der Waals surface area (Å²) < 4.78 is 11.8. The quantitative estimate of drug-likeness (QED) is 0.750. The number of nitrogens with zero attached hydrogens (tertiary/aromatic N) is 2. The van der Waals surface area contributed by atoms with Gasteiger partial charge in [0, 0.05) is 57.8 Å². The Morgan fingerprint density at radius 2 is 1.85 bits per heavy atom. The van der Waals surface area contributed by atoms with E-state index in [1.165, 1.54) is 0 Å². The lowest BCUT2D eigenvalue weighted by Gasteiger charge is -2.35. The summed E-state index contributed by atoms with van der Waals surface area (Å²) in [5.41, 5.74) is 1.02. The summed E-state index contributed by atoms with van der Waals surface area (Å²) in [6, 6.07) is 4.96. The second-order valence-corrected chi connectivity index (χ2v) is 9.45. The average Bonchev–Trinajstić information content (AvgIpc) is 3.33. The number of anilines is 1. The van der Waals surface area contributed by atoms with Crippen LogP contribution in [0.4, 0.5) is 5.69 Å². The molecule has 0 unspecified atom stereocenters. The van der Waals surface area contributed by atoms with Crippen LogP contribution in [0.25, 0.3) is 0 Å². The molecule has 2 aliphatic rings. The van der Waals surface area contributed by atoms with Crippen LogP contribution in [0.15, 0.2) is 18.2 Å². The van der Waals surface area contributed by atoms with E-state index in [4.69, 9.17) is 9.47 Å². The van der Waals surface area contributed by atoms with Gasteiger partial charge < -0.3 is 24.6 Å². The van der Waals surface area contributed by atoms with E-state index in [2.05, 4.69) is 5.32 Å². The summed E-state index contributed by atoms with van der Waals surface area (Å²) in [7, 11) is 3.36. The molecule has 8 heteroatoms. The van der Waals surface area contributed by atoms with Crippen molar-refractivity contribution in [2.75, 3.05) is 39.2 Å². The number of nitrogens with one attached hydrogen (secondary N) is 1. The van der Waals surface area contributed by atoms with Gasteiger partial charge in [-0.25, -0.2) is 0 Å². The number of fused-ring (bicyclic) bond motifs is 1. The van der Waals surface area contributed by atoms with E-state index in [1.54, 1.807) is 49.1 Å². The summed E-state index contributed by atoms with van der Waals surface area (Å²) >= 11 is 0. The molecule has 0 saturated heterocycles. The van der Waals surface area contributed by atoms with E-state index in [-0.39, 0.29) is 48.3 Å². The third kappa shape index (κ3) is 6.05. The number of hydrogen-bond donors (Lipinski definition) is 1. The highest BCUT2D eigenvalue weighted by Gasteiger charge is 2.29. The van der Waals surface area contributed by atoms with E-state index < -0.39 is 0 Å². The summed E-state index contributed by atoms with van der Waals surface area (Å²) in [6.07, 6.45) is 3.76. The fraction of sp³-hybridized carbons (Fsp3) is 0.640. The highest BCUT2D eigenvalue weighted by molar-refractivity contribution is 5.98. The van der Waals surface area contributed by atoms with Crippen molar-refractivity contribution in [1.29, 1.82) is 0 Å². The van der Waals surface area contributed by atoms with Crippen molar-refractivity contribution in [3.63, 3.8) is 0 Å². The van der Waals surface area contributed by atoms with E-state index in [9.17, 15) is 14.4 Å². The Labute approximate surface area is 196 Å². The van der Waals surface area contributed by atoms with Gasteiger partial charge in [0.15, 0.2) is 0 Å². The average molecular weight is 460 g/mol. The van der Waals surface area contributed by atoms with E-state index in [0.717, 1.165) is 25.7 Å². The van der Waals surface area contributed by atoms with Crippen LogP contribution >= 0.6 is 0 Å². The first-order valence-corrected chi connectivity index (χ1v) is 11.8. The number of methoxy groups -OCH3 is 1. The molecule has 1 aromatic carbocycles. The number of rotatable bonds is 3. The number of hydrogen-bond acceptors (Lipinski definition) is 5. The van der Waals surface area contributed by atoms with Crippen LogP contribution in [-0.2, 0) is 14.3 Å². The van der Waals surface area contributed by atoms with Crippen LogP contribution in [0.3, 0.4) is 0 Å². The normalized spacial score (nSPS) is 25.0. The zero-order valence-corrected chi connectivity index (χ0v) is 20.4. The zero-order valence-electron chi connectivity index (χ0n) is 20.4. The molecule has 182 valence electrons. The molecule has 33 heavy (non-hydrogen) atoms. The Morgan fingerprint density at radius 1 is 1.15 bits per heavy atom. The van der Waals surface area contributed by atoms with Gasteiger partial charge in [0.2, 0.25) is 11.8 Å². The lowest BCUT2D eigenvalue weighted by atomic mass is 10.0. The Bertz CT molecular complexity index is 868. The second-order valence-electron chi connectivity index (χ2n) is 9.45. The fourth-order valence-corrected chi connectivity index (χ4v) is 4.72. The van der Waals surface area contributed by atoms with Gasteiger partial charge >= 0.3 is 0 Å². The number of amides is 3. The molecule has 1 N–H and O–H groups in total. The van der Waals surface area contributed by atoms with Crippen LogP contribution in [0.1, 0.15) is 56.8 Å². The highest BCUT2D eigenvalue weighted by Crippen LogP contribution is 2.29. The van der Waals surface area contributed by atoms with Crippen LogP contribution in [-0.4, -0.2) is 73.5 Å². The van der Waals surface area contributed by atoms with Crippen LogP contribution in [0.5, 0.6) is 5.75 Å². The second kappa shape index (κ2) is 11.0. The fourth-order valence-electron chi connectivity index (χ4n) is 4.72. The van der Waals surface area contributed by atoms with Crippen LogP contribution < -0.4 is 10.1 Å². The largest absolute Gasteiger partial charge is 0.491 e. The topological polar surface area (TPSA) is 88.2 Å². The molecule has 1 aliphatic carbocycles. The minimum absolute atomic E-state index is 0.0112. The lowest BCUT2D eigenvalue weighted by Crippen LogP contribution is -2.48. The summed E-state index contributed by atoms with van der Waals surface area (Å²) in [5.74, 6) is 0.267. The number of ether oxygens (including phenoxy) is 2. The van der Waals surface area contributed by atoms with Gasteiger partial charge in [-0.15, -0.1) is 0 Å². The predicted molar refractivity (Wildman–Crippen MR) is 126 cm³/mol. The molecule has 1 aromatic rings. The van der Waals surface area contributed by atoms with Crippen molar-refractivity contribution >= 4 is 23.4 Å². The van der Waals surface area contributed by atoms with E-state index in [0.29, 0.717) is 30.1 Å². The van der Waals surface area contributed by atoms with E-state index in [1.807, 2.05) is 13.8 Å². The van der Waals surface area contributed by atoms with Crippen molar-refractivity contribution in [2.24, 2.45) is 11.8 Å². The van der Waals surface area contributed by atoms with Gasteiger partial charge in [-0.1, -0.05) is 19.8 Å². The van der Waals surface area contributed by atoms with Gasteiger partial charge in [0.25, 0.3) is 5.91 Å². The van der Waals surface area contributed by atoms with Crippen molar-refractivity contribution in [2.45, 2.75) is 58.6 Å². The SMILES string of the molecule is CO[C@@H]1CN(C)C(=O)c2ccc(NC(=O)C3CCCC3)cc2OC[C@@H](C)N(C(C)=O)C[C@H]1C. The van der Waals surface area contributed by atoms with Gasteiger partial charge in [0.1, 0.15) is 12.4 Å². The maximum absolute atomic E-state index is 13.3. The number of likely N-dealkylation sites (N-methyl/N-ethyl adjacent to an activating group) is 1. The monoisotopic (exact) mass is 459 g/mol. The van der Waals surface area contributed by atoms with Gasteiger partial charge in [-0.2, -0.15) is 0 Å². The first kappa shape index (κ1) is 25.0. The maximum atomic E-state index is 13.3. The molecule has 0 spiro atoms. The van der Waals surface area contributed by atoms with E-state index >= 15 is 0 Å². The smallest absolute Gasteiger partial charge is 0.257 e. The number of benzene rings is 1. The van der Waals surface area contributed by atoms with Gasteiger partial charge in [0.05, 0.1) is 17.7 Å². The highest BCUT2D eigenvalue weighted by atomic mass is 16.5. The first-order chi connectivity index (χ1) is 15.7. The standard InChI is InChI=1S/C25H37N3O5/c1-16-13-28(18(3)29)17(2)15-33-22-12-20(26-24(30)19-8-6-7-9-19)10-11-21(22)25(31)27(4)14-23(16)32-5/h10-12,16-17,19,23H,6-9,13-15H2,1-5H3,(H,26,30)/t16-,17-,23-/m1/s1. The molecular formula is C25H37N3O5. The first-order valence-electron chi connectivity index (χ1n) is 11.8. The molecule has 1 heterocycles. The predicted octanol–water partition coefficient (Wildman–Crippen LogP) is 3.17. The van der Waals surface area contributed by atoms with Crippen molar-refractivity contribution < 1.29 is 23.9 Å². The lowest BCUT2D eigenvalue weighted by molar-refractivity contribution is -0.133. The van der Waals surface area contributed by atoms with Crippen molar-refractivity contribution in [1.82, 2.24) is 9.80 Å². The van der Waals surface area contributed by atoms with Crippen molar-refractivity contribution in [3.05, 3.63) is 23.8 Å². The molecule has 8 nitrogen and oxygen atoms in total. The minimum Gasteiger partial charge on any atom is -0.491 e. The Morgan fingerprint density at radius 3 is 2.48 bits per heavy atom. The van der Waals surface area contributed by atoms with Crippen LogP contribution in [0, 0.1) is 11.8 Å². The molecule has 0 aromatic heterocycles. The molecule has 1 aliphatic heterocycles. The molecule has 3 amide bonds. The Balaban J connectivity index is 1.90. The maximum Gasteiger partial charge on any atom is 0.257 e. The van der Waals surface area contributed by atoms with Crippen LogP contribution in [0.2, 0.25) is 0 Å². The molecular weight excluding hydrogens is 422 g/mol. The third-order valence-electron chi connectivity index (χ3n) is 6.84.